The van der Waals surface area contributed by atoms with Gasteiger partial charge in [0.1, 0.15) is 28.0 Å². The normalized spacial score (nSPS) is 16.0. The largest absolute Gasteiger partial charge is 0.497 e. The summed E-state index contributed by atoms with van der Waals surface area (Å²) in [6.07, 6.45) is 6.70. The number of thiophene rings is 1. The molecule has 3 aromatic rings. The fraction of sp³-hybridized carbons (Fsp3) is 0.500. The number of carbonyl (C=O) groups excluding carboxylic acids is 1. The number of aryl methyl sites for hydroxylation is 3. The Morgan fingerprint density at radius 1 is 1.00 bits per heavy atom. The lowest BCUT2D eigenvalue weighted by Crippen LogP contribution is -2.49. The number of piperazine rings is 1. The van der Waals surface area contributed by atoms with Crippen LogP contribution in [0.3, 0.4) is 0 Å². The van der Waals surface area contributed by atoms with E-state index in [-0.39, 0.29) is 5.91 Å². The number of nitrogens with zero attached hydrogens (tertiary/aromatic N) is 4. The van der Waals surface area contributed by atoms with Crippen LogP contribution in [0.4, 0.5) is 5.82 Å². The Morgan fingerprint density at radius 3 is 2.38 bits per heavy atom. The smallest absolute Gasteiger partial charge is 0.254 e. The van der Waals surface area contributed by atoms with Gasteiger partial charge in [-0.15, -0.1) is 11.3 Å². The molecule has 1 aliphatic heterocycles. The van der Waals surface area contributed by atoms with E-state index < -0.39 is 0 Å². The van der Waals surface area contributed by atoms with E-state index in [0.717, 1.165) is 55.2 Å². The lowest BCUT2D eigenvalue weighted by molar-refractivity contribution is 0.0746. The molecule has 3 heterocycles. The molecule has 0 N–H and O–H groups in total. The van der Waals surface area contributed by atoms with Crippen LogP contribution in [0.2, 0.25) is 0 Å². The van der Waals surface area contributed by atoms with Crippen LogP contribution in [0.5, 0.6) is 11.5 Å². The molecule has 5 rings (SSSR count). The molecule has 0 spiro atoms. The molecule has 1 aromatic carbocycles. The quantitative estimate of drug-likeness (QED) is 0.517. The summed E-state index contributed by atoms with van der Waals surface area (Å²) >= 11 is 1.86. The van der Waals surface area contributed by atoms with Gasteiger partial charge in [0.2, 0.25) is 0 Å². The molecular weight excluding hydrogens is 448 g/mol. The average molecular weight is 481 g/mol. The van der Waals surface area contributed by atoms with Gasteiger partial charge in [0.25, 0.3) is 5.91 Å². The molecule has 1 amide bonds. The number of benzene rings is 1. The molecule has 0 bridgehead atoms. The first-order valence-electron chi connectivity index (χ1n) is 12.2. The van der Waals surface area contributed by atoms with Crippen LogP contribution in [0.15, 0.2) is 18.2 Å². The molecule has 2 aromatic heterocycles. The van der Waals surface area contributed by atoms with Gasteiger partial charge in [0, 0.05) is 49.1 Å². The van der Waals surface area contributed by atoms with Crippen molar-refractivity contribution in [2.24, 2.45) is 0 Å². The number of methoxy groups -OCH3 is 2. The number of hydrogen-bond donors (Lipinski definition) is 0. The van der Waals surface area contributed by atoms with Gasteiger partial charge in [0.05, 0.1) is 19.6 Å². The first kappa shape index (κ1) is 22.9. The highest BCUT2D eigenvalue weighted by Crippen LogP contribution is 2.40. The molecule has 0 atom stereocenters. The maximum absolute atomic E-state index is 13.3. The van der Waals surface area contributed by atoms with Crippen molar-refractivity contribution in [3.8, 4) is 11.5 Å². The van der Waals surface area contributed by atoms with Crippen molar-refractivity contribution in [1.29, 1.82) is 0 Å². The zero-order chi connectivity index (χ0) is 23.7. The third-order valence-electron chi connectivity index (χ3n) is 6.78. The van der Waals surface area contributed by atoms with Crippen molar-refractivity contribution >= 4 is 33.3 Å². The molecule has 7 nitrogen and oxygen atoms in total. The summed E-state index contributed by atoms with van der Waals surface area (Å²) < 4.78 is 10.7. The minimum atomic E-state index is 0.00395. The Bertz CT molecular complexity index is 1180. The molecule has 1 saturated heterocycles. The predicted octanol–water partition coefficient (Wildman–Crippen LogP) is 4.50. The first-order chi connectivity index (χ1) is 16.6. The van der Waals surface area contributed by atoms with Gasteiger partial charge in [0.15, 0.2) is 0 Å². The van der Waals surface area contributed by atoms with E-state index in [1.54, 1.807) is 32.4 Å². The van der Waals surface area contributed by atoms with Crippen LogP contribution < -0.4 is 14.4 Å². The molecule has 34 heavy (non-hydrogen) atoms. The highest BCUT2D eigenvalue weighted by atomic mass is 32.1. The number of aromatic nitrogens is 2. The summed E-state index contributed by atoms with van der Waals surface area (Å²) in [5.74, 6) is 3.25. The molecule has 1 aliphatic carbocycles. The van der Waals surface area contributed by atoms with E-state index in [4.69, 9.17) is 19.4 Å². The summed E-state index contributed by atoms with van der Waals surface area (Å²) in [5.41, 5.74) is 2.05. The number of carbonyl (C=O) groups is 1. The van der Waals surface area contributed by atoms with Gasteiger partial charge in [-0.1, -0.05) is 6.92 Å². The number of fused-ring (bicyclic) bond motifs is 3. The van der Waals surface area contributed by atoms with Gasteiger partial charge >= 0.3 is 0 Å². The second kappa shape index (κ2) is 9.78. The highest BCUT2D eigenvalue weighted by Gasteiger charge is 2.28. The van der Waals surface area contributed by atoms with Crippen LogP contribution in [-0.2, 0) is 19.3 Å². The molecule has 2 aliphatic rings. The van der Waals surface area contributed by atoms with Crippen molar-refractivity contribution in [2.75, 3.05) is 45.3 Å². The summed E-state index contributed by atoms with van der Waals surface area (Å²) in [7, 11) is 3.19. The Kier molecular flexibility index (Phi) is 6.59. The summed E-state index contributed by atoms with van der Waals surface area (Å²) in [6.45, 7) is 4.99. The number of hydrogen-bond acceptors (Lipinski definition) is 7. The van der Waals surface area contributed by atoms with E-state index in [1.165, 1.54) is 28.7 Å². The monoisotopic (exact) mass is 480 g/mol. The summed E-state index contributed by atoms with van der Waals surface area (Å²) in [4.78, 5) is 30.2. The Hall–Kier alpha value is -2.87. The lowest BCUT2D eigenvalue weighted by atomic mass is 9.97. The van der Waals surface area contributed by atoms with E-state index in [0.29, 0.717) is 30.2 Å². The molecule has 0 saturated carbocycles. The van der Waals surface area contributed by atoms with Crippen molar-refractivity contribution < 1.29 is 14.3 Å². The minimum absolute atomic E-state index is 0.00395. The van der Waals surface area contributed by atoms with Crippen molar-refractivity contribution in [3.63, 3.8) is 0 Å². The SMILES string of the molecule is CCCc1nc(N2CCN(C(=O)c3cc(OC)cc(OC)c3)CC2)c2c3c(sc2n1)CCCC3. The highest BCUT2D eigenvalue weighted by molar-refractivity contribution is 7.19. The van der Waals surface area contributed by atoms with Crippen LogP contribution in [0, 0.1) is 0 Å². The van der Waals surface area contributed by atoms with Gasteiger partial charge in [-0.2, -0.15) is 0 Å². The molecular formula is C26H32N4O3S. The second-order valence-corrected chi connectivity index (χ2v) is 10.1. The lowest BCUT2D eigenvalue weighted by Gasteiger charge is -2.36. The zero-order valence-electron chi connectivity index (χ0n) is 20.2. The van der Waals surface area contributed by atoms with Crippen LogP contribution in [0.1, 0.15) is 52.8 Å². The Labute approximate surface area is 204 Å². The number of ether oxygens (including phenoxy) is 2. The number of anilines is 1. The molecule has 0 radical (unpaired) electrons. The van der Waals surface area contributed by atoms with Gasteiger partial charge in [-0.3, -0.25) is 4.79 Å². The average Bonchev–Trinajstić information content (AvgIpc) is 3.26. The Balaban J connectivity index is 1.40. The van der Waals surface area contributed by atoms with Crippen LogP contribution >= 0.6 is 11.3 Å². The van der Waals surface area contributed by atoms with Gasteiger partial charge < -0.3 is 19.3 Å². The predicted molar refractivity (Wildman–Crippen MR) is 136 cm³/mol. The molecule has 0 unspecified atom stereocenters. The van der Waals surface area contributed by atoms with Crippen LogP contribution in [0.25, 0.3) is 10.2 Å². The second-order valence-electron chi connectivity index (χ2n) is 8.99. The van der Waals surface area contributed by atoms with Gasteiger partial charge in [-0.25, -0.2) is 9.97 Å². The first-order valence-corrected chi connectivity index (χ1v) is 13.0. The Morgan fingerprint density at radius 2 is 1.71 bits per heavy atom. The van der Waals surface area contributed by atoms with Crippen molar-refractivity contribution in [1.82, 2.24) is 14.9 Å². The maximum atomic E-state index is 13.3. The van der Waals surface area contributed by atoms with Crippen LogP contribution in [-0.4, -0.2) is 61.2 Å². The molecule has 1 fully saturated rings. The van der Waals surface area contributed by atoms with E-state index in [1.807, 2.05) is 16.2 Å². The van der Waals surface area contributed by atoms with Crippen molar-refractivity contribution in [3.05, 3.63) is 40.0 Å². The fourth-order valence-corrected chi connectivity index (χ4v) is 6.25. The summed E-state index contributed by atoms with van der Waals surface area (Å²) in [6, 6.07) is 5.34. The number of rotatable bonds is 6. The molecule has 8 heteroatoms. The number of amides is 1. The maximum Gasteiger partial charge on any atom is 0.254 e. The van der Waals surface area contributed by atoms with E-state index in [9.17, 15) is 4.79 Å². The third-order valence-corrected chi connectivity index (χ3v) is 7.97. The van der Waals surface area contributed by atoms with E-state index in [2.05, 4.69) is 11.8 Å². The zero-order valence-corrected chi connectivity index (χ0v) is 21.0. The van der Waals surface area contributed by atoms with E-state index >= 15 is 0 Å². The molecule has 180 valence electrons. The standard InChI is InChI=1S/C26H32N4O3S/c1-4-7-22-27-24(23-20-8-5-6-9-21(20)34-25(23)28-22)29-10-12-30(13-11-29)26(31)17-14-18(32-2)16-19(15-17)33-3/h14-16H,4-13H2,1-3H3. The van der Waals surface area contributed by atoms with Crippen molar-refractivity contribution in [2.45, 2.75) is 45.4 Å². The topological polar surface area (TPSA) is 67.8 Å². The minimum Gasteiger partial charge on any atom is -0.497 e. The summed E-state index contributed by atoms with van der Waals surface area (Å²) in [5, 5.41) is 1.26. The third kappa shape index (κ3) is 4.31. The fourth-order valence-electron chi connectivity index (χ4n) is 4.98. The van der Waals surface area contributed by atoms with Gasteiger partial charge in [-0.05, 0) is 49.8 Å².